The fraction of sp³-hybridized carbons (Fsp3) is 0.154. The molecule has 21 heavy (non-hydrogen) atoms. The molecule has 0 bridgehead atoms. The molecule has 2 aromatic heterocycles. The second-order valence-electron chi connectivity index (χ2n) is 4.21. The molecule has 0 spiro atoms. The minimum absolute atomic E-state index is 0.0556. The van der Waals surface area contributed by atoms with Gasteiger partial charge in [-0.3, -0.25) is 14.9 Å². The number of nitrogens with one attached hydrogen (secondary N) is 1. The number of carbonyl (C=O) groups is 1. The van der Waals surface area contributed by atoms with Gasteiger partial charge in [-0.1, -0.05) is 0 Å². The van der Waals surface area contributed by atoms with Crippen LogP contribution in [0.25, 0.3) is 0 Å². The monoisotopic (exact) mass is 304 g/mol. The fourth-order valence-corrected chi connectivity index (χ4v) is 2.45. The van der Waals surface area contributed by atoms with Crippen molar-refractivity contribution < 1.29 is 9.72 Å². The zero-order chi connectivity index (χ0) is 15.4. The highest BCUT2D eigenvalue weighted by Gasteiger charge is 2.13. The first-order chi connectivity index (χ1) is 9.97. The van der Waals surface area contributed by atoms with Crippen molar-refractivity contribution >= 4 is 29.0 Å². The van der Waals surface area contributed by atoms with Crippen LogP contribution in [-0.4, -0.2) is 20.8 Å². The lowest BCUT2D eigenvalue weighted by molar-refractivity contribution is -0.385. The summed E-state index contributed by atoms with van der Waals surface area (Å²) in [5.41, 5.74) is 1.20. The molecule has 0 aliphatic carbocycles. The lowest BCUT2D eigenvalue weighted by Gasteiger charge is -2.08. The molecule has 2 rings (SSSR count). The summed E-state index contributed by atoms with van der Waals surface area (Å²) in [7, 11) is 0. The minimum Gasteiger partial charge on any atom is -0.324 e. The number of aryl methyl sites for hydroxylation is 1. The van der Waals surface area contributed by atoms with Crippen LogP contribution in [0.15, 0.2) is 40.6 Å². The molecule has 0 aromatic carbocycles. The van der Waals surface area contributed by atoms with Crippen molar-refractivity contribution in [3.05, 3.63) is 46.3 Å². The number of aromatic nitrogens is 2. The quantitative estimate of drug-likeness (QED) is 0.689. The predicted molar refractivity (Wildman–Crippen MR) is 78.3 cm³/mol. The third kappa shape index (κ3) is 3.76. The van der Waals surface area contributed by atoms with E-state index in [2.05, 4.69) is 15.3 Å². The molecule has 0 unspecified atom stereocenters. The third-order valence-corrected chi connectivity index (χ3v) is 3.64. The summed E-state index contributed by atoms with van der Waals surface area (Å²) in [5.74, 6) is -0.196. The van der Waals surface area contributed by atoms with E-state index in [-0.39, 0.29) is 11.6 Å². The number of hydrogen-bond acceptors (Lipinski definition) is 6. The van der Waals surface area contributed by atoms with Crippen molar-refractivity contribution in [1.29, 1.82) is 0 Å². The van der Waals surface area contributed by atoms with E-state index >= 15 is 0 Å². The molecule has 1 amide bonds. The molecule has 0 atom stereocenters. The number of hydrogen-bond donors (Lipinski definition) is 1. The predicted octanol–water partition coefficient (Wildman–Crippen LogP) is 2.80. The van der Waals surface area contributed by atoms with Gasteiger partial charge in [0.05, 0.1) is 10.6 Å². The Morgan fingerprint density at radius 1 is 1.38 bits per heavy atom. The second-order valence-corrected chi connectivity index (χ2v) is 5.19. The normalized spacial score (nSPS) is 10.2. The topological polar surface area (TPSA) is 98.0 Å². The molecule has 2 heterocycles. The Morgan fingerprint density at radius 2 is 2.14 bits per heavy atom. The average Bonchev–Trinajstić information content (AvgIpc) is 2.42. The molecule has 0 aliphatic rings. The highest BCUT2D eigenvalue weighted by Crippen LogP contribution is 2.33. The van der Waals surface area contributed by atoms with Gasteiger partial charge >= 0.3 is 0 Å². The molecule has 0 saturated heterocycles. The van der Waals surface area contributed by atoms with Crippen LogP contribution < -0.4 is 5.32 Å². The van der Waals surface area contributed by atoms with E-state index in [1.807, 2.05) is 0 Å². The lowest BCUT2D eigenvalue weighted by atomic mass is 10.3. The molecule has 2 aromatic rings. The van der Waals surface area contributed by atoms with Gasteiger partial charge in [0, 0.05) is 19.2 Å². The van der Waals surface area contributed by atoms with E-state index < -0.39 is 4.92 Å². The highest BCUT2D eigenvalue weighted by atomic mass is 32.2. The summed E-state index contributed by atoms with van der Waals surface area (Å²) in [6.07, 6.45) is 2.81. The lowest BCUT2D eigenvalue weighted by Crippen LogP contribution is -2.07. The highest BCUT2D eigenvalue weighted by molar-refractivity contribution is 7.99. The Morgan fingerprint density at radius 3 is 2.76 bits per heavy atom. The Bertz CT molecular complexity index is 706. The Kier molecular flexibility index (Phi) is 4.49. The Labute approximate surface area is 125 Å². The Hall–Kier alpha value is -2.48. The number of nitrogens with zero attached hydrogens (tertiary/aromatic N) is 3. The number of carbonyl (C=O) groups excluding carboxylic acids is 1. The van der Waals surface area contributed by atoms with E-state index in [0.717, 1.165) is 0 Å². The van der Waals surface area contributed by atoms with Crippen molar-refractivity contribution in [2.24, 2.45) is 0 Å². The van der Waals surface area contributed by atoms with Crippen molar-refractivity contribution in [3.63, 3.8) is 0 Å². The third-order valence-electron chi connectivity index (χ3n) is 2.50. The number of amides is 1. The number of anilines is 1. The summed E-state index contributed by atoms with van der Waals surface area (Å²) >= 11 is 1.24. The van der Waals surface area contributed by atoms with Crippen LogP contribution in [0.4, 0.5) is 11.4 Å². The first kappa shape index (κ1) is 14.9. The molecule has 0 saturated carbocycles. The number of rotatable bonds is 4. The van der Waals surface area contributed by atoms with E-state index in [4.69, 9.17) is 0 Å². The second kappa shape index (κ2) is 6.31. The first-order valence-corrected chi connectivity index (χ1v) is 6.80. The molecule has 8 heteroatoms. The maximum atomic E-state index is 11.2. The SMILES string of the molecule is CC(=O)Nc1cccnc1Sc1ncc([N+](=O)[O-])cc1C. The van der Waals surface area contributed by atoms with Crippen LogP contribution in [0.5, 0.6) is 0 Å². The maximum Gasteiger partial charge on any atom is 0.287 e. The van der Waals surface area contributed by atoms with Crippen molar-refractivity contribution in [2.45, 2.75) is 23.9 Å². The maximum absolute atomic E-state index is 11.2. The van der Waals surface area contributed by atoms with E-state index in [0.29, 0.717) is 21.3 Å². The number of pyridine rings is 2. The first-order valence-electron chi connectivity index (χ1n) is 5.99. The van der Waals surface area contributed by atoms with E-state index in [1.54, 1.807) is 25.3 Å². The zero-order valence-electron chi connectivity index (χ0n) is 11.4. The molecular formula is C13H12N4O3S. The van der Waals surface area contributed by atoms with Crippen molar-refractivity contribution in [1.82, 2.24) is 9.97 Å². The molecule has 1 N–H and O–H groups in total. The standard InChI is InChI=1S/C13H12N4O3S/c1-8-6-10(17(19)20)7-15-12(8)21-13-11(16-9(2)18)4-3-5-14-13/h3-7H,1-2H3,(H,16,18). The molecular weight excluding hydrogens is 292 g/mol. The van der Waals surface area contributed by atoms with Crippen LogP contribution >= 0.6 is 11.8 Å². The molecule has 0 fully saturated rings. The number of nitro groups is 1. The van der Waals surface area contributed by atoms with Crippen LogP contribution in [0.3, 0.4) is 0 Å². The van der Waals surface area contributed by atoms with Gasteiger partial charge in [0.25, 0.3) is 5.69 Å². The van der Waals surface area contributed by atoms with Gasteiger partial charge < -0.3 is 5.32 Å². The summed E-state index contributed by atoms with van der Waals surface area (Å²) in [5, 5.41) is 14.6. The molecule has 0 aliphatic heterocycles. The fourth-order valence-electron chi connectivity index (χ4n) is 1.60. The smallest absolute Gasteiger partial charge is 0.287 e. The van der Waals surface area contributed by atoms with Crippen LogP contribution in [0.2, 0.25) is 0 Å². The van der Waals surface area contributed by atoms with Gasteiger partial charge in [0.2, 0.25) is 5.91 Å². The van der Waals surface area contributed by atoms with E-state index in [9.17, 15) is 14.9 Å². The molecule has 108 valence electrons. The minimum atomic E-state index is -0.488. The van der Waals surface area contributed by atoms with Crippen LogP contribution in [-0.2, 0) is 4.79 Å². The summed E-state index contributed by atoms with van der Waals surface area (Å²) < 4.78 is 0. The summed E-state index contributed by atoms with van der Waals surface area (Å²) in [6.45, 7) is 3.15. The molecule has 7 nitrogen and oxygen atoms in total. The summed E-state index contributed by atoms with van der Waals surface area (Å²) in [6, 6.07) is 4.90. The van der Waals surface area contributed by atoms with Crippen LogP contribution in [0.1, 0.15) is 12.5 Å². The van der Waals surface area contributed by atoms with Gasteiger partial charge in [-0.2, -0.15) is 0 Å². The van der Waals surface area contributed by atoms with Gasteiger partial charge in [-0.15, -0.1) is 0 Å². The average molecular weight is 304 g/mol. The Balaban J connectivity index is 2.30. The largest absolute Gasteiger partial charge is 0.324 e. The van der Waals surface area contributed by atoms with Gasteiger partial charge in [0.15, 0.2) is 0 Å². The van der Waals surface area contributed by atoms with E-state index in [1.165, 1.54) is 30.9 Å². The van der Waals surface area contributed by atoms with Crippen molar-refractivity contribution in [3.8, 4) is 0 Å². The van der Waals surface area contributed by atoms with Crippen molar-refractivity contribution in [2.75, 3.05) is 5.32 Å². The molecule has 0 radical (unpaired) electrons. The van der Waals surface area contributed by atoms with Gasteiger partial charge in [0.1, 0.15) is 16.2 Å². The zero-order valence-corrected chi connectivity index (χ0v) is 12.2. The van der Waals surface area contributed by atoms with Gasteiger partial charge in [-0.05, 0) is 36.4 Å². The van der Waals surface area contributed by atoms with Gasteiger partial charge in [-0.25, -0.2) is 9.97 Å². The summed E-state index contributed by atoms with van der Waals surface area (Å²) in [4.78, 5) is 29.7. The van der Waals surface area contributed by atoms with Crippen LogP contribution in [0, 0.1) is 17.0 Å².